The smallest absolute Gasteiger partial charge is 0.237 e. The van der Waals surface area contributed by atoms with Gasteiger partial charge in [-0.05, 0) is 43.3 Å². The third kappa shape index (κ3) is 4.15. The van der Waals surface area contributed by atoms with E-state index in [0.29, 0.717) is 27.8 Å². The number of hydrogen-bond acceptors (Lipinski definition) is 5. The van der Waals surface area contributed by atoms with Crippen molar-refractivity contribution >= 4 is 23.4 Å². The van der Waals surface area contributed by atoms with Crippen molar-refractivity contribution < 1.29 is 9.18 Å². The molecular formula is C19H16FN5OS. The lowest BCUT2D eigenvalue weighted by Crippen LogP contribution is -2.22. The summed E-state index contributed by atoms with van der Waals surface area (Å²) < 4.78 is 15.6. The number of amides is 1. The van der Waals surface area contributed by atoms with Crippen LogP contribution in [0.15, 0.2) is 53.7 Å². The van der Waals surface area contributed by atoms with Gasteiger partial charge in [-0.25, -0.2) is 4.39 Å². The molecule has 1 N–H and O–H groups in total. The van der Waals surface area contributed by atoms with Crippen molar-refractivity contribution in [3.63, 3.8) is 0 Å². The van der Waals surface area contributed by atoms with E-state index in [1.165, 1.54) is 17.8 Å². The lowest BCUT2D eigenvalue weighted by molar-refractivity contribution is -0.115. The van der Waals surface area contributed by atoms with E-state index in [1.807, 2.05) is 6.07 Å². The van der Waals surface area contributed by atoms with Crippen molar-refractivity contribution in [1.29, 1.82) is 5.26 Å². The Balaban J connectivity index is 1.70. The summed E-state index contributed by atoms with van der Waals surface area (Å²) in [6.07, 6.45) is 0. The van der Waals surface area contributed by atoms with Gasteiger partial charge in [0.2, 0.25) is 5.91 Å². The summed E-state index contributed by atoms with van der Waals surface area (Å²) in [5.41, 5.74) is 1.49. The summed E-state index contributed by atoms with van der Waals surface area (Å²) in [5, 5.41) is 19.8. The van der Waals surface area contributed by atoms with Crippen LogP contribution in [0.4, 0.5) is 10.1 Å². The first-order valence-electron chi connectivity index (χ1n) is 8.11. The van der Waals surface area contributed by atoms with Gasteiger partial charge >= 0.3 is 0 Å². The Morgan fingerprint density at radius 1 is 1.22 bits per heavy atom. The molecular weight excluding hydrogens is 365 g/mol. The molecule has 0 fully saturated rings. The Kier molecular flexibility index (Phi) is 5.52. The van der Waals surface area contributed by atoms with Crippen molar-refractivity contribution in [2.24, 2.45) is 7.05 Å². The van der Waals surface area contributed by atoms with E-state index >= 15 is 0 Å². The Hall–Kier alpha value is -3.18. The van der Waals surface area contributed by atoms with E-state index in [2.05, 4.69) is 15.5 Å². The SMILES string of the molecule is C[C@H](Sc1nnc(-c2ccccc2F)n1C)C(=O)Nc1ccc(C#N)cc1. The predicted molar refractivity (Wildman–Crippen MR) is 102 cm³/mol. The summed E-state index contributed by atoms with van der Waals surface area (Å²) in [5.74, 6) is -0.188. The highest BCUT2D eigenvalue weighted by atomic mass is 32.2. The second kappa shape index (κ2) is 8.01. The molecule has 0 radical (unpaired) electrons. The van der Waals surface area contributed by atoms with Gasteiger partial charge in [-0.3, -0.25) is 4.79 Å². The van der Waals surface area contributed by atoms with Crippen LogP contribution < -0.4 is 5.32 Å². The number of rotatable bonds is 5. The number of benzene rings is 2. The number of carbonyl (C=O) groups excluding carboxylic acids is 1. The molecule has 0 aliphatic carbocycles. The summed E-state index contributed by atoms with van der Waals surface area (Å²) >= 11 is 1.23. The lowest BCUT2D eigenvalue weighted by Gasteiger charge is -2.12. The third-order valence-electron chi connectivity index (χ3n) is 3.88. The van der Waals surface area contributed by atoms with Gasteiger partial charge in [0.25, 0.3) is 0 Å². The van der Waals surface area contributed by atoms with Gasteiger partial charge in [0.05, 0.1) is 22.4 Å². The second-order valence-corrected chi connectivity index (χ2v) is 7.09. The van der Waals surface area contributed by atoms with E-state index in [9.17, 15) is 9.18 Å². The molecule has 1 aromatic heterocycles. The van der Waals surface area contributed by atoms with Crippen LogP contribution in [0, 0.1) is 17.1 Å². The number of aromatic nitrogens is 3. The number of carbonyl (C=O) groups is 1. The summed E-state index contributed by atoms with van der Waals surface area (Å²) in [6, 6.07) is 15.0. The minimum atomic E-state index is -0.447. The van der Waals surface area contributed by atoms with E-state index in [1.54, 1.807) is 61.0 Å². The molecule has 0 saturated carbocycles. The molecule has 1 amide bonds. The minimum Gasteiger partial charge on any atom is -0.325 e. The number of anilines is 1. The monoisotopic (exact) mass is 381 g/mol. The molecule has 0 unspecified atom stereocenters. The van der Waals surface area contributed by atoms with E-state index < -0.39 is 5.25 Å². The average molecular weight is 381 g/mol. The number of hydrogen-bond donors (Lipinski definition) is 1. The first kappa shape index (κ1) is 18.6. The van der Waals surface area contributed by atoms with E-state index in [-0.39, 0.29) is 11.7 Å². The lowest BCUT2D eigenvalue weighted by atomic mass is 10.2. The second-order valence-electron chi connectivity index (χ2n) is 5.78. The molecule has 2 aromatic carbocycles. The fraction of sp³-hybridized carbons (Fsp3) is 0.158. The van der Waals surface area contributed by atoms with Gasteiger partial charge < -0.3 is 9.88 Å². The highest BCUT2D eigenvalue weighted by Crippen LogP contribution is 2.27. The molecule has 0 spiro atoms. The van der Waals surface area contributed by atoms with Crippen molar-refractivity contribution in [2.45, 2.75) is 17.3 Å². The molecule has 1 atom stereocenters. The van der Waals surface area contributed by atoms with Gasteiger partial charge in [0.15, 0.2) is 11.0 Å². The maximum Gasteiger partial charge on any atom is 0.237 e. The normalized spacial score (nSPS) is 11.6. The number of nitrogens with zero attached hydrogens (tertiary/aromatic N) is 4. The van der Waals surface area contributed by atoms with Crippen LogP contribution in [-0.2, 0) is 11.8 Å². The Bertz CT molecular complexity index is 1010. The summed E-state index contributed by atoms with van der Waals surface area (Å²) in [6.45, 7) is 1.75. The highest BCUT2D eigenvalue weighted by molar-refractivity contribution is 8.00. The Morgan fingerprint density at radius 2 is 1.93 bits per heavy atom. The summed E-state index contributed by atoms with van der Waals surface area (Å²) in [4.78, 5) is 12.4. The van der Waals surface area contributed by atoms with E-state index in [4.69, 9.17) is 5.26 Å². The van der Waals surface area contributed by atoms with Gasteiger partial charge in [-0.1, -0.05) is 23.9 Å². The zero-order valence-corrected chi connectivity index (χ0v) is 15.5. The Labute approximate surface area is 160 Å². The van der Waals surface area contributed by atoms with Crippen LogP contribution >= 0.6 is 11.8 Å². The predicted octanol–water partition coefficient (Wildman–Crippen LogP) is 3.61. The van der Waals surface area contributed by atoms with Crippen LogP contribution in [0.3, 0.4) is 0 Å². The average Bonchev–Trinajstić information content (AvgIpc) is 3.03. The standard InChI is InChI=1S/C19H16FN5OS/c1-12(18(26)22-14-9-7-13(11-21)8-10-14)27-19-24-23-17(25(19)2)15-5-3-4-6-16(15)20/h3-10,12H,1-2H3,(H,22,26)/t12-/m0/s1. The van der Waals surface area contributed by atoms with Gasteiger partial charge in [-0.15, -0.1) is 10.2 Å². The van der Waals surface area contributed by atoms with Crippen LogP contribution in [-0.4, -0.2) is 25.9 Å². The van der Waals surface area contributed by atoms with Crippen LogP contribution in [0.1, 0.15) is 12.5 Å². The molecule has 8 heteroatoms. The largest absolute Gasteiger partial charge is 0.325 e. The molecule has 3 rings (SSSR count). The van der Waals surface area contributed by atoms with Gasteiger partial charge in [0, 0.05) is 12.7 Å². The number of nitriles is 1. The van der Waals surface area contributed by atoms with Crippen molar-refractivity contribution in [3.8, 4) is 17.5 Å². The molecule has 0 bridgehead atoms. The van der Waals surface area contributed by atoms with Crippen LogP contribution in [0.2, 0.25) is 0 Å². The van der Waals surface area contributed by atoms with Gasteiger partial charge in [-0.2, -0.15) is 5.26 Å². The molecule has 27 heavy (non-hydrogen) atoms. The van der Waals surface area contributed by atoms with E-state index in [0.717, 1.165) is 0 Å². The summed E-state index contributed by atoms with van der Waals surface area (Å²) in [7, 11) is 1.73. The van der Waals surface area contributed by atoms with Crippen molar-refractivity contribution in [1.82, 2.24) is 14.8 Å². The topological polar surface area (TPSA) is 83.6 Å². The molecule has 3 aromatic rings. The van der Waals surface area contributed by atoms with Crippen molar-refractivity contribution in [3.05, 3.63) is 59.9 Å². The van der Waals surface area contributed by atoms with Gasteiger partial charge in [0.1, 0.15) is 5.82 Å². The molecule has 136 valence electrons. The highest BCUT2D eigenvalue weighted by Gasteiger charge is 2.20. The van der Waals surface area contributed by atoms with Crippen LogP contribution in [0.5, 0.6) is 0 Å². The number of thioether (sulfide) groups is 1. The minimum absolute atomic E-state index is 0.208. The molecule has 0 saturated heterocycles. The third-order valence-corrected chi connectivity index (χ3v) is 5.02. The fourth-order valence-electron chi connectivity index (χ4n) is 2.38. The van der Waals surface area contributed by atoms with Crippen LogP contribution in [0.25, 0.3) is 11.4 Å². The number of nitrogens with one attached hydrogen (secondary N) is 1. The zero-order valence-electron chi connectivity index (χ0n) is 14.7. The molecule has 0 aliphatic heterocycles. The zero-order chi connectivity index (χ0) is 19.4. The maximum atomic E-state index is 14.0. The molecule has 1 heterocycles. The fourth-order valence-corrected chi connectivity index (χ4v) is 3.19. The Morgan fingerprint density at radius 3 is 2.59 bits per heavy atom. The molecule has 0 aliphatic rings. The maximum absolute atomic E-state index is 14.0. The molecule has 6 nitrogen and oxygen atoms in total. The van der Waals surface area contributed by atoms with Crippen molar-refractivity contribution in [2.75, 3.05) is 5.32 Å². The number of halogens is 1. The first-order chi connectivity index (χ1) is 13.0. The first-order valence-corrected chi connectivity index (χ1v) is 8.99. The quantitative estimate of drug-likeness (QED) is 0.683.